The van der Waals surface area contributed by atoms with Gasteiger partial charge in [0.15, 0.2) is 5.82 Å². The van der Waals surface area contributed by atoms with E-state index >= 15 is 0 Å². The quantitative estimate of drug-likeness (QED) is 0.0981. The predicted molar refractivity (Wildman–Crippen MR) is 168 cm³/mol. The van der Waals surface area contributed by atoms with Crippen LogP contribution in [0.15, 0.2) is 43.2 Å². The van der Waals surface area contributed by atoms with Crippen molar-refractivity contribution in [2.45, 2.75) is 75.5 Å². The highest BCUT2D eigenvalue weighted by Gasteiger charge is 2.34. The van der Waals surface area contributed by atoms with E-state index < -0.39 is 24.5 Å². The zero-order chi connectivity index (χ0) is 34.1. The summed E-state index contributed by atoms with van der Waals surface area (Å²) in [6.45, 7) is -0.0842. The van der Waals surface area contributed by atoms with Crippen LogP contribution in [0.3, 0.4) is 0 Å². The van der Waals surface area contributed by atoms with Crippen LogP contribution in [-0.2, 0) is 19.6 Å². The molecule has 2 aliphatic rings. The molecule has 18 nitrogen and oxygen atoms in total. The first-order chi connectivity index (χ1) is 22.8. The van der Waals surface area contributed by atoms with Crippen molar-refractivity contribution in [1.29, 1.82) is 0 Å². The topological polar surface area (TPSA) is 253 Å². The van der Waals surface area contributed by atoms with Crippen molar-refractivity contribution in [2.75, 3.05) is 16.8 Å². The van der Waals surface area contributed by atoms with E-state index in [4.69, 9.17) is 0 Å². The number of nitrogens with zero attached hydrogens (tertiary/aromatic N) is 9. The largest absolute Gasteiger partial charge is 0.351 e. The van der Waals surface area contributed by atoms with E-state index in [0.29, 0.717) is 43.0 Å². The van der Waals surface area contributed by atoms with E-state index in [1.165, 1.54) is 23.7 Å². The molecule has 2 saturated carbocycles. The van der Waals surface area contributed by atoms with Crippen LogP contribution in [0.1, 0.15) is 50.5 Å². The molecule has 0 aromatic carbocycles. The molecule has 48 heavy (non-hydrogen) atoms. The van der Waals surface area contributed by atoms with Gasteiger partial charge in [-0.1, -0.05) is 6.42 Å². The number of aryl methyl sites for hydroxylation is 1. The van der Waals surface area contributed by atoms with Crippen molar-refractivity contribution < 1.29 is 35.4 Å². The number of hydrogen-bond donors (Lipinski definition) is 8. The third-order valence-corrected chi connectivity index (χ3v) is 8.68. The number of nitrogens with one attached hydrogen (secondary N) is 2. The third-order valence-electron chi connectivity index (χ3n) is 8.68. The summed E-state index contributed by atoms with van der Waals surface area (Å²) in [6.07, 6.45) is 14.9. The highest BCUT2D eigenvalue weighted by molar-refractivity contribution is 5.91. The highest BCUT2D eigenvalue weighted by atomic mass is 16.7. The lowest BCUT2D eigenvalue weighted by molar-refractivity contribution is -0.323. The van der Waals surface area contributed by atoms with Gasteiger partial charge >= 0.3 is 12.0 Å². The number of aliphatic hydroxyl groups is 6. The molecule has 256 valence electrons. The molecule has 4 aromatic heterocycles. The van der Waals surface area contributed by atoms with Gasteiger partial charge in [-0.05, 0) is 50.5 Å². The molecule has 0 saturated heterocycles. The lowest BCUT2D eigenvalue weighted by Gasteiger charge is -2.36. The monoisotopic (exact) mass is 665 g/mol. The van der Waals surface area contributed by atoms with Crippen LogP contribution in [0.25, 0.3) is 22.6 Å². The van der Waals surface area contributed by atoms with Crippen molar-refractivity contribution in [3.63, 3.8) is 0 Å². The maximum Gasteiger partial charge on any atom is 0.323 e. The van der Waals surface area contributed by atoms with Crippen LogP contribution in [0, 0.1) is 5.92 Å². The van der Waals surface area contributed by atoms with Gasteiger partial charge in [-0.25, -0.2) is 19.7 Å². The molecule has 0 unspecified atom stereocenters. The van der Waals surface area contributed by atoms with E-state index in [1.54, 1.807) is 41.1 Å². The van der Waals surface area contributed by atoms with Gasteiger partial charge < -0.3 is 41.3 Å². The Labute approximate surface area is 274 Å². The van der Waals surface area contributed by atoms with Crippen LogP contribution >= 0.6 is 0 Å². The highest BCUT2D eigenvalue weighted by Crippen LogP contribution is 2.32. The van der Waals surface area contributed by atoms with Crippen molar-refractivity contribution in [2.24, 2.45) is 13.0 Å². The van der Waals surface area contributed by atoms with Gasteiger partial charge in [-0.15, -0.1) is 0 Å². The average molecular weight is 666 g/mol. The molecular weight excluding hydrogens is 626 g/mol. The van der Waals surface area contributed by atoms with Crippen molar-refractivity contribution in [3.05, 3.63) is 48.8 Å². The first-order valence-corrected chi connectivity index (χ1v) is 15.7. The molecule has 0 radical (unpaired) electrons. The summed E-state index contributed by atoms with van der Waals surface area (Å²) in [7, 11) is 1.78. The Balaban J connectivity index is 1.16. The predicted octanol–water partition coefficient (Wildman–Crippen LogP) is -0.0121. The zero-order valence-electron chi connectivity index (χ0n) is 26.3. The molecular formula is C30H39N11O7. The molecule has 4 aromatic rings. The van der Waals surface area contributed by atoms with E-state index in [2.05, 4.69) is 40.8 Å². The van der Waals surface area contributed by atoms with Crippen molar-refractivity contribution in [3.8, 4) is 22.6 Å². The third kappa shape index (κ3) is 7.92. The summed E-state index contributed by atoms with van der Waals surface area (Å²) in [6, 6.07) is 0.523. The fourth-order valence-electron chi connectivity index (χ4n) is 5.97. The van der Waals surface area contributed by atoms with E-state index in [-0.39, 0.29) is 35.1 Å². The Hall–Kier alpha value is -4.59. The van der Waals surface area contributed by atoms with Crippen molar-refractivity contribution in [1.82, 2.24) is 44.8 Å². The van der Waals surface area contributed by atoms with Crippen LogP contribution in [0.2, 0.25) is 0 Å². The first kappa shape index (κ1) is 33.3. The van der Waals surface area contributed by atoms with Gasteiger partial charge in [0.05, 0.1) is 29.8 Å². The first-order valence-electron chi connectivity index (χ1n) is 15.7. The van der Waals surface area contributed by atoms with E-state index in [0.717, 1.165) is 31.1 Å². The van der Waals surface area contributed by atoms with Gasteiger partial charge in [0.2, 0.25) is 5.95 Å². The van der Waals surface area contributed by atoms with E-state index in [1.807, 2.05) is 0 Å². The second-order valence-electron chi connectivity index (χ2n) is 12.4. The molecule has 8 N–H and O–H groups in total. The lowest BCUT2D eigenvalue weighted by atomic mass is 9.85. The molecule has 2 aliphatic carbocycles. The van der Waals surface area contributed by atoms with Gasteiger partial charge in [-0.2, -0.15) is 10.2 Å². The number of carbonyl (C=O) groups is 1. The van der Waals surface area contributed by atoms with Gasteiger partial charge in [0.25, 0.3) is 5.97 Å². The summed E-state index contributed by atoms with van der Waals surface area (Å²) in [5.74, 6) is -5.28. The fourth-order valence-corrected chi connectivity index (χ4v) is 5.97. The second kappa shape index (κ2) is 13.5. The smallest absolute Gasteiger partial charge is 0.323 e. The van der Waals surface area contributed by atoms with E-state index in [9.17, 15) is 35.4 Å². The Morgan fingerprint density at radius 1 is 0.958 bits per heavy atom. The van der Waals surface area contributed by atoms with Crippen LogP contribution < -0.4 is 15.5 Å². The number of carbonyl (C=O) groups excluding carboxylic acids is 1. The normalized spacial score (nSPS) is 18.7. The maximum absolute atomic E-state index is 13.3. The molecule has 6 rings (SSSR count). The van der Waals surface area contributed by atoms with Gasteiger partial charge in [0.1, 0.15) is 17.9 Å². The minimum absolute atomic E-state index is 0.0740. The minimum Gasteiger partial charge on any atom is -0.351 e. The number of amides is 2. The van der Waals surface area contributed by atoms with Crippen LogP contribution in [-0.4, -0.2) is 101 Å². The number of aromatic nitrogens is 8. The summed E-state index contributed by atoms with van der Waals surface area (Å²) < 4.78 is 3.42. The Morgan fingerprint density at radius 2 is 1.73 bits per heavy atom. The molecule has 0 aliphatic heterocycles. The molecule has 18 heteroatoms. The number of urea groups is 1. The SMILES string of the molecule is Cn1cc(-c2cnc(N(C(=O)NCC(O)(O)O)C3CCC(Nc4ncc(C(O)(O)O)c(-c5ccn(CC6CCC6)n5)n4)CC3)cn2)cn1. The van der Waals surface area contributed by atoms with Crippen LogP contribution in [0.4, 0.5) is 16.6 Å². The molecule has 2 amide bonds. The number of hydrogen-bond acceptors (Lipinski definition) is 14. The summed E-state index contributed by atoms with van der Waals surface area (Å²) in [4.78, 5) is 32.3. The summed E-state index contributed by atoms with van der Waals surface area (Å²) in [5.41, 5.74) is 1.42. The Bertz CT molecular complexity index is 1700. The summed E-state index contributed by atoms with van der Waals surface area (Å²) in [5, 5.41) is 72.3. The van der Waals surface area contributed by atoms with Crippen molar-refractivity contribution >= 4 is 17.8 Å². The molecule has 0 bridgehead atoms. The van der Waals surface area contributed by atoms with Crippen LogP contribution in [0.5, 0.6) is 0 Å². The molecule has 2 fully saturated rings. The second-order valence-corrected chi connectivity index (χ2v) is 12.4. The van der Waals surface area contributed by atoms with Gasteiger partial charge in [0, 0.05) is 49.8 Å². The zero-order valence-corrected chi connectivity index (χ0v) is 26.3. The van der Waals surface area contributed by atoms with Gasteiger partial charge in [-0.3, -0.25) is 19.2 Å². The Kier molecular flexibility index (Phi) is 9.37. The molecule has 4 heterocycles. The molecule has 0 spiro atoms. The lowest BCUT2D eigenvalue weighted by Crippen LogP contribution is -2.52. The average Bonchev–Trinajstić information content (AvgIpc) is 3.68. The Morgan fingerprint density at radius 3 is 2.33 bits per heavy atom. The molecule has 0 atom stereocenters. The fraction of sp³-hybridized carbons (Fsp3) is 0.500. The number of rotatable bonds is 11. The number of anilines is 2. The maximum atomic E-state index is 13.3. The minimum atomic E-state index is -3.17. The standard InChI is InChI=1S/C30H39N11O7/c1-39-16-19(11-35-39)24-13-32-25(14-31-24)41(28(42)34-17-29(43,44)45)21-7-5-20(6-8-21)36-27-33-12-22(30(46,47)48)26(37-27)23-9-10-40(38-23)15-18-3-2-4-18/h9-14,16,18,20-21,43-48H,2-8,15,17H2,1H3,(H,34,42)(H,33,36,37). The summed E-state index contributed by atoms with van der Waals surface area (Å²) >= 11 is 0.